The Bertz CT molecular complexity index is 563. The van der Waals surface area contributed by atoms with Crippen molar-refractivity contribution in [3.8, 4) is 0 Å². The summed E-state index contributed by atoms with van der Waals surface area (Å²) in [4.78, 5) is 29.6. The van der Waals surface area contributed by atoms with Gasteiger partial charge in [-0.1, -0.05) is 6.92 Å². The maximum absolute atomic E-state index is 12.1. The van der Waals surface area contributed by atoms with Gasteiger partial charge in [-0.25, -0.2) is 4.98 Å². The number of hydrogen-bond donors (Lipinski definition) is 1. The molecule has 1 N–H and O–H groups in total. The lowest BCUT2D eigenvalue weighted by atomic mass is 10.2. The maximum atomic E-state index is 12.1. The molecule has 0 saturated heterocycles. The van der Waals surface area contributed by atoms with E-state index in [0.29, 0.717) is 11.4 Å². The number of nitrogens with one attached hydrogen (secondary N) is 1. The van der Waals surface area contributed by atoms with Crippen LogP contribution in [0.1, 0.15) is 29.5 Å². The molecule has 0 aliphatic heterocycles. The molecule has 0 unspecified atom stereocenters. The largest absolute Gasteiger partial charge is 0.328 e. The molecule has 5 heteroatoms. The molecular formula is C12H13N3O2. The van der Waals surface area contributed by atoms with Crippen LogP contribution in [-0.2, 0) is 6.54 Å². The molecule has 5 nitrogen and oxygen atoms in total. The third-order valence-electron chi connectivity index (χ3n) is 2.43. The number of carbonyl (C=O) groups excluding carboxylic acids is 1. The minimum absolute atomic E-state index is 0.181. The number of rotatable bonds is 4. The van der Waals surface area contributed by atoms with Gasteiger partial charge in [0, 0.05) is 36.8 Å². The van der Waals surface area contributed by atoms with Crippen molar-refractivity contribution in [2.24, 2.45) is 0 Å². The average Bonchev–Trinajstić information content (AvgIpc) is 2.78. The Balaban J connectivity index is 2.33. The van der Waals surface area contributed by atoms with E-state index in [1.165, 1.54) is 18.3 Å². The molecule has 0 atom stereocenters. The highest BCUT2D eigenvalue weighted by molar-refractivity contribution is 6.06. The van der Waals surface area contributed by atoms with Crippen molar-refractivity contribution >= 4 is 5.78 Å². The van der Waals surface area contributed by atoms with Crippen LogP contribution in [0.15, 0.2) is 35.5 Å². The molecular weight excluding hydrogens is 218 g/mol. The SMILES string of the molecule is CCCn1ccnc1C(=O)c1ccc(=O)[nH]c1. The van der Waals surface area contributed by atoms with Gasteiger partial charge in [0.15, 0.2) is 5.82 Å². The molecule has 17 heavy (non-hydrogen) atoms. The molecule has 88 valence electrons. The number of H-pyrrole nitrogens is 1. The number of hydrogen-bond acceptors (Lipinski definition) is 3. The fraction of sp³-hybridized carbons (Fsp3) is 0.250. The van der Waals surface area contributed by atoms with Crippen LogP contribution >= 0.6 is 0 Å². The molecule has 0 aliphatic carbocycles. The van der Waals surface area contributed by atoms with Crippen molar-refractivity contribution in [3.63, 3.8) is 0 Å². The molecule has 0 saturated carbocycles. The van der Waals surface area contributed by atoms with E-state index < -0.39 is 0 Å². The molecule has 2 aromatic heterocycles. The summed E-state index contributed by atoms with van der Waals surface area (Å²) >= 11 is 0. The van der Waals surface area contributed by atoms with Crippen LogP contribution in [0.3, 0.4) is 0 Å². The first-order valence-electron chi connectivity index (χ1n) is 5.47. The monoisotopic (exact) mass is 231 g/mol. The molecule has 2 heterocycles. The van der Waals surface area contributed by atoms with Gasteiger partial charge in [0.2, 0.25) is 11.3 Å². The normalized spacial score (nSPS) is 10.4. The zero-order valence-corrected chi connectivity index (χ0v) is 9.51. The number of ketones is 1. The first-order chi connectivity index (χ1) is 8.22. The highest BCUT2D eigenvalue weighted by Crippen LogP contribution is 2.06. The molecule has 0 fully saturated rings. The molecule has 0 spiro atoms. The lowest BCUT2D eigenvalue weighted by Gasteiger charge is -2.04. The summed E-state index contributed by atoms with van der Waals surface area (Å²) in [5, 5.41) is 0. The summed E-state index contributed by atoms with van der Waals surface area (Å²) in [7, 11) is 0. The van der Waals surface area contributed by atoms with Crippen molar-refractivity contribution in [2.45, 2.75) is 19.9 Å². The quantitative estimate of drug-likeness (QED) is 0.804. The standard InChI is InChI=1S/C12H13N3O2/c1-2-6-15-7-5-13-12(15)11(17)9-3-4-10(16)14-8-9/h3-5,7-8H,2,6H2,1H3,(H,14,16). The van der Waals surface area contributed by atoms with Gasteiger partial charge in [-0.15, -0.1) is 0 Å². The Labute approximate surface area is 98.1 Å². The maximum Gasteiger partial charge on any atom is 0.247 e. The number of aromatic amines is 1. The second-order valence-corrected chi connectivity index (χ2v) is 3.71. The third kappa shape index (κ3) is 2.33. The van der Waals surface area contributed by atoms with Gasteiger partial charge in [-0.05, 0) is 12.5 Å². The van der Waals surface area contributed by atoms with E-state index in [-0.39, 0.29) is 11.3 Å². The van der Waals surface area contributed by atoms with Crippen LogP contribution in [0.2, 0.25) is 0 Å². The molecule has 0 aromatic carbocycles. The van der Waals surface area contributed by atoms with E-state index in [0.717, 1.165) is 13.0 Å². The van der Waals surface area contributed by atoms with Crippen LogP contribution in [0.25, 0.3) is 0 Å². The Hall–Kier alpha value is -2.17. The van der Waals surface area contributed by atoms with Crippen molar-refractivity contribution in [1.82, 2.24) is 14.5 Å². The fourth-order valence-corrected chi connectivity index (χ4v) is 1.62. The van der Waals surface area contributed by atoms with Crippen LogP contribution in [0.5, 0.6) is 0 Å². The van der Waals surface area contributed by atoms with Gasteiger partial charge in [0.25, 0.3) is 0 Å². The number of imidazole rings is 1. The van der Waals surface area contributed by atoms with Gasteiger partial charge in [0.1, 0.15) is 0 Å². The van der Waals surface area contributed by atoms with Crippen molar-refractivity contribution in [2.75, 3.05) is 0 Å². The zero-order valence-electron chi connectivity index (χ0n) is 9.51. The first-order valence-corrected chi connectivity index (χ1v) is 5.47. The summed E-state index contributed by atoms with van der Waals surface area (Å²) < 4.78 is 1.81. The predicted octanol–water partition coefficient (Wildman–Crippen LogP) is 1.21. The lowest BCUT2D eigenvalue weighted by molar-refractivity contribution is 0.102. The van der Waals surface area contributed by atoms with Gasteiger partial charge in [-0.3, -0.25) is 9.59 Å². The Morgan fingerprint density at radius 1 is 1.47 bits per heavy atom. The topological polar surface area (TPSA) is 67.8 Å². The number of aryl methyl sites for hydroxylation is 1. The highest BCUT2D eigenvalue weighted by Gasteiger charge is 2.14. The summed E-state index contributed by atoms with van der Waals surface area (Å²) in [5.74, 6) is 0.221. The molecule has 0 aliphatic rings. The Morgan fingerprint density at radius 3 is 2.94 bits per heavy atom. The van der Waals surface area contributed by atoms with Crippen molar-refractivity contribution in [3.05, 3.63) is 52.5 Å². The second-order valence-electron chi connectivity index (χ2n) is 3.71. The second kappa shape index (κ2) is 4.78. The number of aromatic nitrogens is 3. The van der Waals surface area contributed by atoms with Crippen LogP contribution < -0.4 is 5.56 Å². The van der Waals surface area contributed by atoms with E-state index in [1.807, 2.05) is 11.5 Å². The predicted molar refractivity (Wildman–Crippen MR) is 63.0 cm³/mol. The van der Waals surface area contributed by atoms with E-state index >= 15 is 0 Å². The number of carbonyl (C=O) groups is 1. The molecule has 0 bridgehead atoms. The van der Waals surface area contributed by atoms with E-state index in [2.05, 4.69) is 9.97 Å². The van der Waals surface area contributed by atoms with Gasteiger partial charge >= 0.3 is 0 Å². The van der Waals surface area contributed by atoms with Crippen molar-refractivity contribution < 1.29 is 4.79 Å². The van der Waals surface area contributed by atoms with Crippen molar-refractivity contribution in [1.29, 1.82) is 0 Å². The van der Waals surface area contributed by atoms with Crippen LogP contribution in [0, 0.1) is 0 Å². The number of pyridine rings is 1. The smallest absolute Gasteiger partial charge is 0.247 e. The van der Waals surface area contributed by atoms with Gasteiger partial charge < -0.3 is 9.55 Å². The zero-order chi connectivity index (χ0) is 12.3. The third-order valence-corrected chi connectivity index (χ3v) is 2.43. The average molecular weight is 231 g/mol. The lowest BCUT2D eigenvalue weighted by Crippen LogP contribution is -2.13. The van der Waals surface area contributed by atoms with Gasteiger partial charge in [-0.2, -0.15) is 0 Å². The van der Waals surface area contributed by atoms with Gasteiger partial charge in [0.05, 0.1) is 0 Å². The molecule has 0 radical (unpaired) electrons. The Kier molecular flexibility index (Phi) is 3.18. The molecule has 2 aromatic rings. The van der Waals surface area contributed by atoms with E-state index in [9.17, 15) is 9.59 Å². The summed E-state index contributed by atoms with van der Waals surface area (Å²) in [6, 6.07) is 2.84. The Morgan fingerprint density at radius 2 is 2.29 bits per heavy atom. The fourth-order valence-electron chi connectivity index (χ4n) is 1.62. The first kappa shape index (κ1) is 11.3. The minimum Gasteiger partial charge on any atom is -0.328 e. The highest BCUT2D eigenvalue weighted by atomic mass is 16.1. The minimum atomic E-state index is -0.224. The summed E-state index contributed by atoms with van der Waals surface area (Å²) in [6.07, 6.45) is 5.73. The summed E-state index contributed by atoms with van der Waals surface area (Å²) in [6.45, 7) is 2.79. The van der Waals surface area contributed by atoms with Crippen LogP contribution in [0.4, 0.5) is 0 Å². The van der Waals surface area contributed by atoms with E-state index in [4.69, 9.17) is 0 Å². The molecule has 2 rings (SSSR count). The van der Waals surface area contributed by atoms with E-state index in [1.54, 1.807) is 12.4 Å². The number of nitrogens with zero attached hydrogens (tertiary/aromatic N) is 2. The van der Waals surface area contributed by atoms with Crippen LogP contribution in [-0.4, -0.2) is 20.3 Å². The summed E-state index contributed by atoms with van der Waals surface area (Å²) in [5.41, 5.74) is 0.214. The molecule has 0 amide bonds.